The third-order valence-corrected chi connectivity index (χ3v) is 3.42. The van der Waals surface area contributed by atoms with Crippen LogP contribution in [0.3, 0.4) is 0 Å². The minimum absolute atomic E-state index is 0.234. The second-order valence-corrected chi connectivity index (χ2v) is 4.64. The Bertz CT molecular complexity index is 389. The van der Waals surface area contributed by atoms with Crippen molar-refractivity contribution in [2.24, 2.45) is 5.92 Å². The molecule has 1 aromatic rings. The van der Waals surface area contributed by atoms with E-state index in [1.54, 1.807) is 12.1 Å². The van der Waals surface area contributed by atoms with Crippen LogP contribution in [0.4, 0.5) is 5.69 Å². The fourth-order valence-corrected chi connectivity index (χ4v) is 2.13. The Labute approximate surface area is 101 Å². The van der Waals surface area contributed by atoms with Crippen LogP contribution in [-0.4, -0.2) is 18.0 Å². The molecule has 0 unspecified atom stereocenters. The molecule has 1 N–H and O–H groups in total. The molecule has 0 bridgehead atoms. The molecule has 2 rings (SSSR count). The average Bonchev–Trinajstić information content (AvgIpc) is 2.26. The summed E-state index contributed by atoms with van der Waals surface area (Å²) in [5.74, 6) is 0.834. The van der Waals surface area contributed by atoms with Gasteiger partial charge in [-0.05, 0) is 38.3 Å². The lowest BCUT2D eigenvalue weighted by Gasteiger charge is -2.25. The Balaban J connectivity index is 1.79. The van der Waals surface area contributed by atoms with Crippen molar-refractivity contribution >= 4 is 5.69 Å². The topological polar surface area (TPSA) is 55.2 Å². The standard InChI is InChI=1S/C13H18N2O2/c16-15(17)13-7-2-1-6-12(13)8-9-14-10-11-4-3-5-11/h1-2,6-7,11,14H,3-5,8-10H2. The van der Waals surface area contributed by atoms with Gasteiger partial charge >= 0.3 is 0 Å². The molecule has 1 saturated carbocycles. The molecule has 0 saturated heterocycles. The van der Waals surface area contributed by atoms with Crippen LogP contribution in [0.25, 0.3) is 0 Å². The van der Waals surface area contributed by atoms with E-state index in [-0.39, 0.29) is 10.6 Å². The number of nitro groups is 1. The number of nitrogens with one attached hydrogen (secondary N) is 1. The Morgan fingerprint density at radius 2 is 2.12 bits per heavy atom. The van der Waals surface area contributed by atoms with Crippen LogP contribution in [0.2, 0.25) is 0 Å². The van der Waals surface area contributed by atoms with Crippen molar-refractivity contribution in [2.75, 3.05) is 13.1 Å². The van der Waals surface area contributed by atoms with Gasteiger partial charge in [0.2, 0.25) is 0 Å². The molecule has 1 aliphatic carbocycles. The summed E-state index contributed by atoms with van der Waals surface area (Å²) < 4.78 is 0. The smallest absolute Gasteiger partial charge is 0.272 e. The number of benzene rings is 1. The summed E-state index contributed by atoms with van der Waals surface area (Å²) in [5.41, 5.74) is 1.05. The van der Waals surface area contributed by atoms with Crippen molar-refractivity contribution in [3.63, 3.8) is 0 Å². The number of rotatable bonds is 6. The van der Waals surface area contributed by atoms with E-state index >= 15 is 0 Å². The van der Waals surface area contributed by atoms with Gasteiger partial charge in [-0.1, -0.05) is 24.6 Å². The van der Waals surface area contributed by atoms with Gasteiger partial charge < -0.3 is 5.32 Å². The fraction of sp³-hybridized carbons (Fsp3) is 0.538. The highest BCUT2D eigenvalue weighted by Crippen LogP contribution is 2.25. The van der Waals surface area contributed by atoms with E-state index in [0.29, 0.717) is 0 Å². The molecule has 0 atom stereocenters. The molecule has 0 aliphatic heterocycles. The Morgan fingerprint density at radius 3 is 2.76 bits per heavy atom. The van der Waals surface area contributed by atoms with Gasteiger partial charge in [0.1, 0.15) is 0 Å². The van der Waals surface area contributed by atoms with E-state index in [2.05, 4.69) is 5.32 Å². The third kappa shape index (κ3) is 3.27. The number of para-hydroxylation sites is 1. The molecule has 4 heteroatoms. The monoisotopic (exact) mass is 234 g/mol. The van der Waals surface area contributed by atoms with E-state index in [9.17, 15) is 10.1 Å². The van der Waals surface area contributed by atoms with Crippen LogP contribution in [0.1, 0.15) is 24.8 Å². The average molecular weight is 234 g/mol. The molecule has 0 spiro atoms. The van der Waals surface area contributed by atoms with Crippen LogP contribution < -0.4 is 5.32 Å². The maximum atomic E-state index is 10.8. The van der Waals surface area contributed by atoms with Crippen LogP contribution in [0, 0.1) is 16.0 Å². The Morgan fingerprint density at radius 1 is 1.35 bits per heavy atom. The number of hydrogen-bond acceptors (Lipinski definition) is 3. The summed E-state index contributed by atoms with van der Waals surface area (Å²) in [5, 5.41) is 14.2. The second kappa shape index (κ2) is 5.77. The zero-order chi connectivity index (χ0) is 12.1. The van der Waals surface area contributed by atoms with Gasteiger partial charge in [-0.15, -0.1) is 0 Å². The number of nitro benzene ring substituents is 1. The van der Waals surface area contributed by atoms with E-state index in [4.69, 9.17) is 0 Å². The lowest BCUT2D eigenvalue weighted by Crippen LogP contribution is -2.28. The van der Waals surface area contributed by atoms with Gasteiger partial charge in [-0.3, -0.25) is 10.1 Å². The molecule has 0 amide bonds. The Hall–Kier alpha value is -1.42. The predicted molar refractivity (Wildman–Crippen MR) is 67.0 cm³/mol. The summed E-state index contributed by atoms with van der Waals surface area (Å²) >= 11 is 0. The molecular formula is C13H18N2O2. The first-order valence-electron chi connectivity index (χ1n) is 6.20. The van der Waals surface area contributed by atoms with Crippen LogP contribution >= 0.6 is 0 Å². The van der Waals surface area contributed by atoms with E-state index in [0.717, 1.165) is 31.0 Å². The minimum atomic E-state index is -0.304. The van der Waals surface area contributed by atoms with Gasteiger partial charge in [0.05, 0.1) is 4.92 Å². The highest BCUT2D eigenvalue weighted by molar-refractivity contribution is 5.39. The zero-order valence-corrected chi connectivity index (χ0v) is 9.89. The van der Waals surface area contributed by atoms with Gasteiger partial charge in [0.15, 0.2) is 0 Å². The molecule has 1 fully saturated rings. The second-order valence-electron chi connectivity index (χ2n) is 4.64. The fourth-order valence-electron chi connectivity index (χ4n) is 2.13. The summed E-state index contributed by atoms with van der Waals surface area (Å²) in [6, 6.07) is 6.97. The molecule has 4 nitrogen and oxygen atoms in total. The molecule has 0 heterocycles. The molecule has 0 radical (unpaired) electrons. The van der Waals surface area contributed by atoms with Crippen LogP contribution in [0.15, 0.2) is 24.3 Å². The normalized spacial score (nSPS) is 15.5. The van der Waals surface area contributed by atoms with Crippen molar-refractivity contribution in [1.82, 2.24) is 5.32 Å². The lowest BCUT2D eigenvalue weighted by molar-refractivity contribution is -0.385. The van der Waals surface area contributed by atoms with E-state index < -0.39 is 0 Å². The van der Waals surface area contributed by atoms with E-state index in [1.165, 1.54) is 19.3 Å². The summed E-state index contributed by atoms with van der Waals surface area (Å²) in [7, 11) is 0. The van der Waals surface area contributed by atoms with Crippen molar-refractivity contribution in [3.8, 4) is 0 Å². The first-order valence-corrected chi connectivity index (χ1v) is 6.20. The van der Waals surface area contributed by atoms with Gasteiger partial charge in [-0.25, -0.2) is 0 Å². The zero-order valence-electron chi connectivity index (χ0n) is 9.89. The summed E-state index contributed by atoms with van der Waals surface area (Å²) in [6.07, 6.45) is 4.75. The lowest BCUT2D eigenvalue weighted by atomic mass is 9.85. The SMILES string of the molecule is O=[N+]([O-])c1ccccc1CCNCC1CCC1. The molecule has 1 aromatic carbocycles. The van der Waals surface area contributed by atoms with Crippen molar-refractivity contribution in [1.29, 1.82) is 0 Å². The van der Waals surface area contributed by atoms with Crippen LogP contribution in [-0.2, 0) is 6.42 Å². The minimum Gasteiger partial charge on any atom is -0.316 e. The Kier molecular flexibility index (Phi) is 4.09. The third-order valence-electron chi connectivity index (χ3n) is 3.42. The molecule has 0 aromatic heterocycles. The highest BCUT2D eigenvalue weighted by atomic mass is 16.6. The molecule has 17 heavy (non-hydrogen) atoms. The van der Waals surface area contributed by atoms with Gasteiger partial charge in [0, 0.05) is 11.6 Å². The largest absolute Gasteiger partial charge is 0.316 e. The predicted octanol–water partition coefficient (Wildman–Crippen LogP) is 2.53. The summed E-state index contributed by atoms with van der Waals surface area (Å²) in [4.78, 5) is 10.5. The number of nitrogens with zero attached hydrogens (tertiary/aromatic N) is 1. The molecule has 1 aliphatic rings. The summed E-state index contributed by atoms with van der Waals surface area (Å²) in [6.45, 7) is 1.88. The molecular weight excluding hydrogens is 216 g/mol. The van der Waals surface area contributed by atoms with Crippen molar-refractivity contribution in [3.05, 3.63) is 39.9 Å². The van der Waals surface area contributed by atoms with Crippen molar-refractivity contribution < 1.29 is 4.92 Å². The van der Waals surface area contributed by atoms with E-state index in [1.807, 2.05) is 12.1 Å². The van der Waals surface area contributed by atoms with Crippen LogP contribution in [0.5, 0.6) is 0 Å². The highest BCUT2D eigenvalue weighted by Gasteiger charge is 2.16. The first kappa shape index (κ1) is 12.0. The molecule has 92 valence electrons. The van der Waals surface area contributed by atoms with Gasteiger partial charge in [-0.2, -0.15) is 0 Å². The maximum Gasteiger partial charge on any atom is 0.272 e. The maximum absolute atomic E-state index is 10.8. The van der Waals surface area contributed by atoms with Crippen molar-refractivity contribution in [2.45, 2.75) is 25.7 Å². The van der Waals surface area contributed by atoms with Gasteiger partial charge in [0.25, 0.3) is 5.69 Å². The quantitative estimate of drug-likeness (QED) is 0.467. The number of hydrogen-bond donors (Lipinski definition) is 1. The first-order chi connectivity index (χ1) is 8.27.